The van der Waals surface area contributed by atoms with Gasteiger partial charge in [-0.25, -0.2) is 13.8 Å². The van der Waals surface area contributed by atoms with Gasteiger partial charge >= 0.3 is 0 Å². The van der Waals surface area contributed by atoms with Crippen LogP contribution in [0, 0.1) is 11.6 Å². The molecular formula is C38H26F2N2O2S. The molecule has 0 fully saturated rings. The standard InChI is InChI=1S/C38H26F2N2O2S/c39-27-17-13-25(14-18-27)36-30-19-15-24-8-2-5-11-29(24)35(30)41-38-42(36)37(43)34(45-38)21-31-28-10-4-1-7-23(28)16-20-33(31)44-22-26-9-3-6-12-32(26)40/h1-14,16-18,20-21,36H,15,19,22H2/b34-21+/t36-/m0/s1. The Morgan fingerprint density at radius 2 is 1.64 bits per heavy atom. The van der Waals surface area contributed by atoms with Crippen LogP contribution in [0.5, 0.6) is 5.75 Å². The van der Waals surface area contributed by atoms with Crippen molar-refractivity contribution in [2.75, 3.05) is 0 Å². The summed E-state index contributed by atoms with van der Waals surface area (Å²) in [6.07, 6.45) is 3.45. The fraction of sp³-hybridized carbons (Fsp3) is 0.105. The Balaban J connectivity index is 1.33. The summed E-state index contributed by atoms with van der Waals surface area (Å²) in [5.74, 6) is -0.112. The zero-order valence-corrected chi connectivity index (χ0v) is 24.9. The Kier molecular flexibility index (Phi) is 6.76. The molecule has 2 heterocycles. The number of allylic oxidation sites excluding steroid dienone is 1. The summed E-state index contributed by atoms with van der Waals surface area (Å²) in [6, 6.07) is 32.5. The van der Waals surface area contributed by atoms with Crippen LogP contribution in [0.25, 0.3) is 22.5 Å². The maximum absolute atomic E-state index is 14.4. The van der Waals surface area contributed by atoms with Crippen molar-refractivity contribution in [1.82, 2.24) is 4.57 Å². The van der Waals surface area contributed by atoms with Crippen LogP contribution >= 0.6 is 11.3 Å². The molecule has 0 radical (unpaired) electrons. The smallest absolute Gasteiger partial charge is 0.271 e. The minimum Gasteiger partial charge on any atom is -0.488 e. The highest BCUT2D eigenvalue weighted by molar-refractivity contribution is 7.07. The van der Waals surface area contributed by atoms with E-state index in [-0.39, 0.29) is 23.8 Å². The molecule has 5 aromatic carbocycles. The minimum absolute atomic E-state index is 0.0454. The van der Waals surface area contributed by atoms with Crippen molar-refractivity contribution in [3.8, 4) is 5.75 Å². The van der Waals surface area contributed by atoms with Crippen LogP contribution in [0.1, 0.15) is 40.3 Å². The van der Waals surface area contributed by atoms with E-state index >= 15 is 0 Å². The zero-order valence-electron chi connectivity index (χ0n) is 24.0. The summed E-state index contributed by atoms with van der Waals surface area (Å²) >= 11 is 1.33. The number of benzene rings is 5. The zero-order chi connectivity index (χ0) is 30.5. The Morgan fingerprint density at radius 1 is 0.867 bits per heavy atom. The Hall–Kier alpha value is -5.14. The van der Waals surface area contributed by atoms with Crippen LogP contribution in [0.4, 0.5) is 8.78 Å². The van der Waals surface area contributed by atoms with Crippen molar-refractivity contribution in [2.45, 2.75) is 25.5 Å². The van der Waals surface area contributed by atoms with Gasteiger partial charge in [-0.05, 0) is 70.7 Å². The number of aromatic nitrogens is 1. The molecular weight excluding hydrogens is 586 g/mol. The molecule has 0 saturated carbocycles. The summed E-state index contributed by atoms with van der Waals surface area (Å²) in [5, 5.41) is 1.91. The van der Waals surface area contributed by atoms with E-state index in [4.69, 9.17) is 9.73 Å². The third kappa shape index (κ3) is 4.80. The number of nitrogens with zero attached hydrogens (tertiary/aromatic N) is 2. The molecule has 1 aliphatic carbocycles. The summed E-state index contributed by atoms with van der Waals surface area (Å²) in [5.41, 5.74) is 6.09. The van der Waals surface area contributed by atoms with E-state index in [1.54, 1.807) is 34.9 Å². The minimum atomic E-state index is -0.406. The second-order valence-electron chi connectivity index (χ2n) is 11.2. The first kappa shape index (κ1) is 27.4. The van der Waals surface area contributed by atoms with E-state index in [1.165, 1.54) is 35.1 Å². The largest absolute Gasteiger partial charge is 0.488 e. The lowest BCUT2D eigenvalue weighted by molar-refractivity contribution is 0.299. The summed E-state index contributed by atoms with van der Waals surface area (Å²) < 4.78 is 36.9. The second-order valence-corrected chi connectivity index (χ2v) is 12.3. The van der Waals surface area contributed by atoms with Gasteiger partial charge in [-0.15, -0.1) is 0 Å². The molecule has 0 saturated heterocycles. The van der Waals surface area contributed by atoms with Gasteiger partial charge in [-0.2, -0.15) is 0 Å². The highest BCUT2D eigenvalue weighted by Crippen LogP contribution is 2.41. The SMILES string of the molecule is O=c1/c(=C\c2c(OCc3ccccc3F)ccc3ccccc23)sc2n1[C@@H](c1ccc(F)cc1)C1=C(N=2)c2ccccc2CC1. The predicted molar refractivity (Wildman–Crippen MR) is 174 cm³/mol. The average Bonchev–Trinajstić information content (AvgIpc) is 3.38. The van der Waals surface area contributed by atoms with E-state index in [0.717, 1.165) is 51.6 Å². The number of aryl methyl sites for hydroxylation is 1. The highest BCUT2D eigenvalue weighted by Gasteiger charge is 2.32. The van der Waals surface area contributed by atoms with Gasteiger partial charge in [0.15, 0.2) is 4.80 Å². The van der Waals surface area contributed by atoms with Gasteiger partial charge in [0.1, 0.15) is 24.0 Å². The Labute approximate surface area is 261 Å². The van der Waals surface area contributed by atoms with E-state index in [0.29, 0.717) is 20.6 Å². The molecule has 8 rings (SSSR count). The van der Waals surface area contributed by atoms with Gasteiger partial charge in [-0.3, -0.25) is 9.36 Å². The third-order valence-corrected chi connectivity index (χ3v) is 9.59. The molecule has 0 spiro atoms. The Morgan fingerprint density at radius 3 is 2.51 bits per heavy atom. The monoisotopic (exact) mass is 612 g/mol. The third-order valence-electron chi connectivity index (χ3n) is 8.61. The molecule has 6 aromatic rings. The molecule has 0 amide bonds. The van der Waals surface area contributed by atoms with Crippen molar-refractivity contribution in [3.63, 3.8) is 0 Å². The van der Waals surface area contributed by atoms with Crippen molar-refractivity contribution in [1.29, 1.82) is 0 Å². The first-order chi connectivity index (χ1) is 22.0. The maximum Gasteiger partial charge on any atom is 0.271 e. The van der Waals surface area contributed by atoms with Crippen LogP contribution in [0.15, 0.2) is 125 Å². The van der Waals surface area contributed by atoms with Crippen molar-refractivity contribution >= 4 is 33.9 Å². The number of fused-ring (bicyclic) bond motifs is 4. The molecule has 2 aliphatic rings. The van der Waals surface area contributed by atoms with E-state index in [1.807, 2.05) is 54.6 Å². The van der Waals surface area contributed by atoms with Gasteiger partial charge < -0.3 is 4.74 Å². The second kappa shape index (κ2) is 11.1. The quantitative estimate of drug-likeness (QED) is 0.205. The summed E-state index contributed by atoms with van der Waals surface area (Å²) in [7, 11) is 0. The lowest BCUT2D eigenvalue weighted by atomic mass is 9.83. The molecule has 0 unspecified atom stereocenters. The van der Waals surface area contributed by atoms with Crippen LogP contribution in [0.2, 0.25) is 0 Å². The molecule has 0 N–H and O–H groups in total. The first-order valence-electron chi connectivity index (χ1n) is 14.8. The van der Waals surface area contributed by atoms with Crippen LogP contribution in [-0.4, -0.2) is 4.57 Å². The lowest BCUT2D eigenvalue weighted by Gasteiger charge is -2.30. The number of hydrogen-bond acceptors (Lipinski definition) is 4. The topological polar surface area (TPSA) is 43.6 Å². The Bertz CT molecular complexity index is 2340. The van der Waals surface area contributed by atoms with Crippen LogP contribution in [-0.2, 0) is 13.0 Å². The molecule has 4 nitrogen and oxygen atoms in total. The van der Waals surface area contributed by atoms with Gasteiger partial charge in [-0.1, -0.05) is 96.3 Å². The molecule has 220 valence electrons. The number of hydrogen-bond donors (Lipinski definition) is 0. The number of ether oxygens (including phenoxy) is 1. The summed E-state index contributed by atoms with van der Waals surface area (Å²) in [6.45, 7) is 0.0454. The lowest BCUT2D eigenvalue weighted by Crippen LogP contribution is -2.38. The van der Waals surface area contributed by atoms with Crippen molar-refractivity contribution < 1.29 is 13.5 Å². The normalized spacial score (nSPS) is 15.8. The first-order valence-corrected chi connectivity index (χ1v) is 15.6. The van der Waals surface area contributed by atoms with Crippen LogP contribution in [0.3, 0.4) is 0 Å². The van der Waals surface area contributed by atoms with Gasteiger partial charge in [0.2, 0.25) is 0 Å². The van der Waals surface area contributed by atoms with E-state index < -0.39 is 6.04 Å². The van der Waals surface area contributed by atoms with Crippen LogP contribution < -0.4 is 19.6 Å². The predicted octanol–water partition coefficient (Wildman–Crippen LogP) is 7.33. The fourth-order valence-corrected chi connectivity index (χ4v) is 7.40. The highest BCUT2D eigenvalue weighted by atomic mass is 32.1. The van der Waals surface area contributed by atoms with E-state index in [2.05, 4.69) is 12.1 Å². The summed E-state index contributed by atoms with van der Waals surface area (Å²) in [4.78, 5) is 20.0. The van der Waals surface area contributed by atoms with Gasteiger partial charge in [0.25, 0.3) is 5.56 Å². The molecule has 7 heteroatoms. The molecule has 1 aromatic heterocycles. The van der Waals surface area contributed by atoms with Gasteiger partial charge in [0, 0.05) is 16.7 Å². The van der Waals surface area contributed by atoms with E-state index in [9.17, 15) is 13.6 Å². The maximum atomic E-state index is 14.4. The molecule has 1 atom stereocenters. The fourth-order valence-electron chi connectivity index (χ4n) is 6.42. The average molecular weight is 613 g/mol. The number of thiazole rings is 1. The van der Waals surface area contributed by atoms with Crippen molar-refractivity contribution in [2.24, 2.45) is 4.99 Å². The molecule has 45 heavy (non-hydrogen) atoms. The molecule has 0 bridgehead atoms. The molecule has 1 aliphatic heterocycles. The number of rotatable bonds is 5. The van der Waals surface area contributed by atoms with Gasteiger partial charge in [0.05, 0.1) is 16.3 Å². The number of halogens is 2. The van der Waals surface area contributed by atoms with Crippen molar-refractivity contribution in [3.05, 3.63) is 174 Å².